The van der Waals surface area contributed by atoms with Crippen molar-refractivity contribution >= 4 is 27.5 Å². The van der Waals surface area contributed by atoms with Crippen LogP contribution >= 0.6 is 11.3 Å². The normalized spacial score (nSPS) is 11.1. The second-order valence-electron chi connectivity index (χ2n) is 5.82. The number of aryl methyl sites for hydroxylation is 1. The van der Waals surface area contributed by atoms with Gasteiger partial charge in [-0.3, -0.25) is 9.36 Å². The summed E-state index contributed by atoms with van der Waals surface area (Å²) in [7, 11) is 0. The number of hydrogen-bond donors (Lipinski definition) is 1. The minimum Gasteiger partial charge on any atom is -0.475 e. The SMILES string of the molecule is Cc1nc2scc(-c3ccccc3)c2c(=O)n1Cc1ccc(C(=O)O)o1. The first-order chi connectivity index (χ1) is 12.5. The van der Waals surface area contributed by atoms with E-state index in [0.29, 0.717) is 21.8 Å². The lowest BCUT2D eigenvalue weighted by Gasteiger charge is -2.08. The van der Waals surface area contributed by atoms with E-state index in [1.165, 1.54) is 22.0 Å². The Morgan fingerprint density at radius 3 is 2.69 bits per heavy atom. The van der Waals surface area contributed by atoms with Crippen LogP contribution in [0.25, 0.3) is 21.3 Å². The fraction of sp³-hybridized carbons (Fsp3) is 0.105. The number of benzene rings is 1. The fourth-order valence-corrected chi connectivity index (χ4v) is 3.86. The first kappa shape index (κ1) is 16.3. The van der Waals surface area contributed by atoms with Crippen molar-refractivity contribution in [3.63, 3.8) is 0 Å². The molecule has 7 heteroatoms. The van der Waals surface area contributed by atoms with E-state index in [0.717, 1.165) is 11.1 Å². The van der Waals surface area contributed by atoms with Gasteiger partial charge in [-0.05, 0) is 24.6 Å². The zero-order valence-corrected chi connectivity index (χ0v) is 14.6. The lowest BCUT2D eigenvalue weighted by Crippen LogP contribution is -2.24. The van der Waals surface area contributed by atoms with Crippen molar-refractivity contribution in [3.8, 4) is 11.1 Å². The van der Waals surface area contributed by atoms with Gasteiger partial charge in [-0.25, -0.2) is 9.78 Å². The third-order valence-corrected chi connectivity index (χ3v) is 5.03. The number of rotatable bonds is 4. The third kappa shape index (κ3) is 2.72. The maximum atomic E-state index is 13.1. The van der Waals surface area contributed by atoms with Crippen LogP contribution in [-0.4, -0.2) is 20.6 Å². The Morgan fingerprint density at radius 2 is 2.00 bits per heavy atom. The van der Waals surface area contributed by atoms with Crippen molar-refractivity contribution in [1.29, 1.82) is 0 Å². The van der Waals surface area contributed by atoms with Crippen molar-refractivity contribution < 1.29 is 14.3 Å². The van der Waals surface area contributed by atoms with E-state index < -0.39 is 5.97 Å². The molecule has 1 N–H and O–H groups in total. The molecule has 0 bridgehead atoms. The number of furan rings is 1. The molecule has 0 aliphatic carbocycles. The third-order valence-electron chi connectivity index (χ3n) is 4.16. The standard InChI is InChI=1S/C19H14N2O4S/c1-11-20-17-16(14(10-26-17)12-5-3-2-4-6-12)18(22)21(11)9-13-7-8-15(25-13)19(23)24/h2-8,10H,9H2,1H3,(H,23,24). The largest absolute Gasteiger partial charge is 0.475 e. The van der Waals surface area contributed by atoms with E-state index in [9.17, 15) is 9.59 Å². The molecular formula is C19H14N2O4S. The number of thiophene rings is 1. The van der Waals surface area contributed by atoms with Gasteiger partial charge in [-0.15, -0.1) is 11.3 Å². The van der Waals surface area contributed by atoms with Gasteiger partial charge in [0.2, 0.25) is 5.76 Å². The molecule has 6 nitrogen and oxygen atoms in total. The number of hydrogen-bond acceptors (Lipinski definition) is 5. The molecule has 0 saturated carbocycles. The molecule has 0 radical (unpaired) electrons. The van der Waals surface area contributed by atoms with E-state index in [4.69, 9.17) is 9.52 Å². The van der Waals surface area contributed by atoms with Gasteiger partial charge in [0, 0.05) is 10.9 Å². The van der Waals surface area contributed by atoms with Gasteiger partial charge in [0.1, 0.15) is 16.4 Å². The van der Waals surface area contributed by atoms with Crippen molar-refractivity contribution in [2.75, 3.05) is 0 Å². The molecule has 0 spiro atoms. The molecule has 3 heterocycles. The van der Waals surface area contributed by atoms with Crippen molar-refractivity contribution in [2.24, 2.45) is 0 Å². The average molecular weight is 366 g/mol. The molecule has 0 aliphatic rings. The second kappa shape index (κ2) is 6.27. The molecule has 0 aliphatic heterocycles. The second-order valence-corrected chi connectivity index (χ2v) is 6.68. The predicted molar refractivity (Wildman–Crippen MR) is 98.8 cm³/mol. The summed E-state index contributed by atoms with van der Waals surface area (Å²) in [5.41, 5.74) is 1.64. The molecule has 130 valence electrons. The van der Waals surface area contributed by atoms with Crippen molar-refractivity contribution in [3.05, 3.63) is 75.5 Å². The molecule has 0 saturated heterocycles. The highest BCUT2D eigenvalue weighted by atomic mass is 32.1. The number of fused-ring (bicyclic) bond motifs is 1. The molecule has 0 amide bonds. The molecule has 3 aromatic heterocycles. The van der Waals surface area contributed by atoms with Crippen molar-refractivity contribution in [2.45, 2.75) is 13.5 Å². The number of aromatic nitrogens is 2. The topological polar surface area (TPSA) is 85.3 Å². The van der Waals surface area contributed by atoms with Crippen LogP contribution < -0.4 is 5.56 Å². The van der Waals surface area contributed by atoms with Crippen LogP contribution in [0.15, 0.2) is 57.1 Å². The summed E-state index contributed by atoms with van der Waals surface area (Å²) >= 11 is 1.43. The van der Waals surface area contributed by atoms with Gasteiger partial charge in [0.15, 0.2) is 0 Å². The minimum atomic E-state index is -1.14. The van der Waals surface area contributed by atoms with Gasteiger partial charge in [0.05, 0.1) is 11.9 Å². The summed E-state index contributed by atoms with van der Waals surface area (Å²) < 4.78 is 6.79. The lowest BCUT2D eigenvalue weighted by atomic mass is 10.1. The van der Waals surface area contributed by atoms with E-state index in [2.05, 4.69) is 4.98 Å². The highest BCUT2D eigenvalue weighted by Crippen LogP contribution is 2.30. The smallest absolute Gasteiger partial charge is 0.371 e. The van der Waals surface area contributed by atoms with Crippen molar-refractivity contribution in [1.82, 2.24) is 9.55 Å². The number of carbonyl (C=O) groups is 1. The summed E-state index contributed by atoms with van der Waals surface area (Å²) in [6, 6.07) is 12.6. The molecule has 0 unspecified atom stereocenters. The van der Waals surface area contributed by atoms with Crippen LogP contribution in [0.5, 0.6) is 0 Å². The molecule has 26 heavy (non-hydrogen) atoms. The van der Waals surface area contributed by atoms with Crippen LogP contribution in [-0.2, 0) is 6.54 Å². The average Bonchev–Trinajstić information content (AvgIpc) is 3.26. The van der Waals surface area contributed by atoms with Gasteiger partial charge in [-0.2, -0.15) is 0 Å². The Labute approximate surface area is 152 Å². The van der Waals surface area contributed by atoms with Crippen LogP contribution in [0.4, 0.5) is 0 Å². The Morgan fingerprint density at radius 1 is 1.23 bits per heavy atom. The van der Waals surface area contributed by atoms with Gasteiger partial charge < -0.3 is 9.52 Å². The maximum Gasteiger partial charge on any atom is 0.371 e. The van der Waals surface area contributed by atoms with Crippen LogP contribution in [0.1, 0.15) is 22.1 Å². The van der Waals surface area contributed by atoms with Gasteiger partial charge >= 0.3 is 5.97 Å². The van der Waals surface area contributed by atoms with Gasteiger partial charge in [0.25, 0.3) is 5.56 Å². The van der Waals surface area contributed by atoms with Crippen LogP contribution in [0.3, 0.4) is 0 Å². The molecule has 0 atom stereocenters. The first-order valence-corrected chi connectivity index (χ1v) is 8.78. The zero-order valence-electron chi connectivity index (χ0n) is 13.8. The summed E-state index contributed by atoms with van der Waals surface area (Å²) in [5, 5.41) is 11.5. The first-order valence-electron chi connectivity index (χ1n) is 7.90. The van der Waals surface area contributed by atoms with Crippen LogP contribution in [0.2, 0.25) is 0 Å². The summed E-state index contributed by atoms with van der Waals surface area (Å²) in [5.74, 6) is -0.346. The zero-order chi connectivity index (χ0) is 18.3. The van der Waals surface area contributed by atoms with E-state index in [1.807, 2.05) is 35.7 Å². The summed E-state index contributed by atoms with van der Waals surface area (Å²) in [6.07, 6.45) is 0. The molecular weight excluding hydrogens is 352 g/mol. The lowest BCUT2D eigenvalue weighted by molar-refractivity contribution is 0.0660. The fourth-order valence-electron chi connectivity index (χ4n) is 2.88. The highest BCUT2D eigenvalue weighted by Gasteiger charge is 2.17. The number of carboxylic acids is 1. The minimum absolute atomic E-state index is 0.130. The Kier molecular flexibility index (Phi) is 3.93. The number of nitrogens with zero attached hydrogens (tertiary/aromatic N) is 2. The maximum absolute atomic E-state index is 13.1. The highest BCUT2D eigenvalue weighted by molar-refractivity contribution is 7.17. The summed E-state index contributed by atoms with van der Waals surface area (Å²) in [4.78, 5) is 29.3. The monoisotopic (exact) mass is 366 g/mol. The van der Waals surface area contributed by atoms with Crippen LogP contribution in [0, 0.1) is 6.92 Å². The van der Waals surface area contributed by atoms with Gasteiger partial charge in [-0.1, -0.05) is 30.3 Å². The number of aromatic carboxylic acids is 1. The Bertz CT molecular complexity index is 1170. The Hall–Kier alpha value is -3.19. The Balaban J connectivity index is 1.85. The van der Waals surface area contributed by atoms with E-state index in [1.54, 1.807) is 13.0 Å². The molecule has 1 aromatic carbocycles. The summed E-state index contributed by atoms with van der Waals surface area (Å²) in [6.45, 7) is 1.88. The quantitative estimate of drug-likeness (QED) is 0.594. The van der Waals surface area contributed by atoms with E-state index in [-0.39, 0.29) is 17.9 Å². The molecule has 4 rings (SSSR count). The number of carboxylic acid groups (broad SMARTS) is 1. The molecule has 0 fully saturated rings. The van der Waals surface area contributed by atoms with E-state index >= 15 is 0 Å². The molecule has 4 aromatic rings. The predicted octanol–water partition coefficient (Wildman–Crippen LogP) is 3.77.